The molecule has 0 aliphatic carbocycles. The Bertz CT molecular complexity index is 915. The highest BCUT2D eigenvalue weighted by molar-refractivity contribution is 7.47. The van der Waals surface area contributed by atoms with Crippen molar-refractivity contribution in [3.63, 3.8) is 0 Å². The third-order valence-electron chi connectivity index (χ3n) is 9.67. The van der Waals surface area contributed by atoms with Gasteiger partial charge in [-0.05, 0) is 38.5 Å². The molecule has 320 valence electrons. The molecule has 0 aromatic rings. The summed E-state index contributed by atoms with van der Waals surface area (Å²) in [4.78, 5) is 34.9. The van der Waals surface area contributed by atoms with Gasteiger partial charge in [0.25, 0.3) is 0 Å². The average Bonchev–Trinajstić information content (AvgIpc) is 3.16. The third kappa shape index (κ3) is 39.0. The molecule has 10 nitrogen and oxygen atoms in total. The van der Waals surface area contributed by atoms with Crippen LogP contribution in [-0.4, -0.2) is 65.7 Å². The van der Waals surface area contributed by atoms with Crippen molar-refractivity contribution in [2.45, 2.75) is 225 Å². The summed E-state index contributed by atoms with van der Waals surface area (Å²) in [5.41, 5.74) is 0. The Morgan fingerprint density at radius 1 is 0.537 bits per heavy atom. The van der Waals surface area contributed by atoms with Crippen LogP contribution in [0.25, 0.3) is 0 Å². The zero-order chi connectivity index (χ0) is 39.8. The van der Waals surface area contributed by atoms with Crippen LogP contribution in [0, 0.1) is 0 Å². The van der Waals surface area contributed by atoms with Gasteiger partial charge in [0, 0.05) is 12.8 Å². The van der Waals surface area contributed by atoms with E-state index in [0.717, 1.165) is 38.5 Å². The Labute approximate surface area is 330 Å². The van der Waals surface area contributed by atoms with Crippen molar-refractivity contribution in [3.8, 4) is 0 Å². The number of rotatable bonds is 42. The first-order valence-electron chi connectivity index (χ1n) is 22.1. The number of aliphatic hydroxyl groups is 2. The number of hydrogen-bond acceptors (Lipinski definition) is 9. The Hall–Kier alpha value is -1.29. The quantitative estimate of drug-likeness (QED) is 0.0236. The molecule has 0 aromatic carbocycles. The van der Waals surface area contributed by atoms with E-state index in [1.165, 1.54) is 135 Å². The summed E-state index contributed by atoms with van der Waals surface area (Å²) in [5.74, 6) is -0.918. The maximum absolute atomic E-state index is 12.6. The number of hydrogen-bond donors (Lipinski definition) is 3. The number of esters is 2. The first-order chi connectivity index (χ1) is 26.2. The lowest BCUT2D eigenvalue weighted by Crippen LogP contribution is -2.29. The van der Waals surface area contributed by atoms with Crippen LogP contribution in [0.5, 0.6) is 0 Å². The van der Waals surface area contributed by atoms with Gasteiger partial charge in [0.1, 0.15) is 12.7 Å². The van der Waals surface area contributed by atoms with Gasteiger partial charge in [0.2, 0.25) is 0 Å². The maximum Gasteiger partial charge on any atom is 0.472 e. The molecule has 0 bridgehead atoms. The first-order valence-corrected chi connectivity index (χ1v) is 23.6. The minimum Gasteiger partial charge on any atom is -0.462 e. The van der Waals surface area contributed by atoms with E-state index in [4.69, 9.17) is 19.1 Å². The number of phosphoric ester groups is 1. The molecule has 11 heteroatoms. The molecule has 0 heterocycles. The number of allylic oxidation sites excluding steroid dienone is 2. The largest absolute Gasteiger partial charge is 0.472 e. The lowest BCUT2D eigenvalue weighted by Gasteiger charge is -2.20. The third-order valence-corrected chi connectivity index (χ3v) is 10.6. The fourth-order valence-corrected chi connectivity index (χ4v) is 7.01. The minimum atomic E-state index is -4.61. The smallest absolute Gasteiger partial charge is 0.462 e. The summed E-state index contributed by atoms with van der Waals surface area (Å²) in [6.07, 6.45) is 37.6. The van der Waals surface area contributed by atoms with Crippen LogP contribution in [0.4, 0.5) is 0 Å². The van der Waals surface area contributed by atoms with Crippen LogP contribution < -0.4 is 0 Å². The van der Waals surface area contributed by atoms with Gasteiger partial charge in [0.15, 0.2) is 6.10 Å². The van der Waals surface area contributed by atoms with Gasteiger partial charge < -0.3 is 24.6 Å². The highest BCUT2D eigenvalue weighted by atomic mass is 31.2. The predicted molar refractivity (Wildman–Crippen MR) is 219 cm³/mol. The minimum absolute atomic E-state index is 0.188. The Morgan fingerprint density at radius 2 is 0.907 bits per heavy atom. The number of aliphatic hydroxyl groups excluding tert-OH is 2. The van der Waals surface area contributed by atoms with Gasteiger partial charge in [-0.3, -0.25) is 18.6 Å². The highest BCUT2D eigenvalue weighted by Crippen LogP contribution is 2.43. The fraction of sp³-hybridized carbons (Fsp3) is 0.907. The second-order valence-electron chi connectivity index (χ2n) is 15.1. The molecule has 0 radical (unpaired) electrons. The van der Waals surface area contributed by atoms with Crippen LogP contribution in [0.15, 0.2) is 12.2 Å². The van der Waals surface area contributed by atoms with E-state index < -0.39 is 51.8 Å². The van der Waals surface area contributed by atoms with Crippen molar-refractivity contribution in [1.82, 2.24) is 0 Å². The number of carbonyl (C=O) groups excluding carboxylic acids is 2. The molecular weight excluding hydrogens is 707 g/mol. The molecule has 0 amide bonds. The lowest BCUT2D eigenvalue weighted by molar-refractivity contribution is -0.161. The topological polar surface area (TPSA) is 149 Å². The van der Waals surface area contributed by atoms with Crippen molar-refractivity contribution in [1.29, 1.82) is 0 Å². The van der Waals surface area contributed by atoms with Crippen LogP contribution in [0.1, 0.15) is 213 Å². The van der Waals surface area contributed by atoms with Crippen molar-refractivity contribution in [2.75, 3.05) is 26.4 Å². The standard InChI is InChI=1S/C43H83O10P/c1-3-5-7-9-11-13-15-16-17-18-19-20-21-22-23-24-25-27-29-31-33-35-43(47)53-41(39-52-54(48,49)51-37-40(45)36-44)38-50-42(46)34-32-30-28-26-14-12-10-8-6-4-2/h16-17,40-41,44-45H,3-15,18-39H2,1-2H3,(H,48,49)/b17-16+/t40-,41+/m0/s1. The van der Waals surface area contributed by atoms with E-state index in [2.05, 4.69) is 30.5 Å². The zero-order valence-corrected chi connectivity index (χ0v) is 35.6. The van der Waals surface area contributed by atoms with Crippen molar-refractivity contribution in [3.05, 3.63) is 12.2 Å². The molecule has 54 heavy (non-hydrogen) atoms. The summed E-state index contributed by atoms with van der Waals surface area (Å²) in [6, 6.07) is 0. The molecule has 0 aliphatic heterocycles. The number of carbonyl (C=O) groups is 2. The van der Waals surface area contributed by atoms with Gasteiger partial charge in [-0.15, -0.1) is 0 Å². The van der Waals surface area contributed by atoms with Crippen LogP contribution in [-0.2, 0) is 32.7 Å². The first kappa shape index (κ1) is 52.7. The van der Waals surface area contributed by atoms with E-state index in [9.17, 15) is 24.2 Å². The van der Waals surface area contributed by atoms with E-state index in [0.29, 0.717) is 12.8 Å². The molecule has 0 aromatic heterocycles. The SMILES string of the molecule is CCCCCCCC/C=C/CCCCCCCCCCCCCC(=O)O[C@H](COC(=O)CCCCCCCCCCCC)COP(=O)(O)OC[C@@H](O)CO. The molecular formula is C43H83O10P. The second-order valence-corrected chi connectivity index (χ2v) is 16.5. The number of unbranched alkanes of at least 4 members (excludes halogenated alkanes) is 26. The fourth-order valence-electron chi connectivity index (χ4n) is 6.22. The van der Waals surface area contributed by atoms with Crippen molar-refractivity contribution in [2.24, 2.45) is 0 Å². The lowest BCUT2D eigenvalue weighted by atomic mass is 10.0. The number of phosphoric acid groups is 1. The summed E-state index contributed by atoms with van der Waals surface area (Å²) in [5, 5.41) is 18.3. The van der Waals surface area contributed by atoms with E-state index in [1.54, 1.807) is 0 Å². The highest BCUT2D eigenvalue weighted by Gasteiger charge is 2.27. The van der Waals surface area contributed by atoms with E-state index in [1.807, 2.05) is 0 Å². The van der Waals surface area contributed by atoms with Gasteiger partial charge in [0.05, 0.1) is 19.8 Å². The normalized spacial score (nSPS) is 13.9. The Morgan fingerprint density at radius 3 is 1.33 bits per heavy atom. The molecule has 0 saturated heterocycles. The molecule has 1 unspecified atom stereocenters. The monoisotopic (exact) mass is 791 g/mol. The molecule has 0 rings (SSSR count). The molecule has 3 N–H and O–H groups in total. The summed E-state index contributed by atoms with van der Waals surface area (Å²) < 4.78 is 32.7. The van der Waals surface area contributed by atoms with Gasteiger partial charge >= 0.3 is 19.8 Å². The van der Waals surface area contributed by atoms with Crippen LogP contribution in [0.2, 0.25) is 0 Å². The molecule has 0 spiro atoms. The summed E-state index contributed by atoms with van der Waals surface area (Å²) >= 11 is 0. The Balaban J connectivity index is 4.17. The summed E-state index contributed by atoms with van der Waals surface area (Å²) in [7, 11) is -4.61. The summed E-state index contributed by atoms with van der Waals surface area (Å²) in [6.45, 7) is 2.38. The second kappa shape index (κ2) is 39.9. The predicted octanol–water partition coefficient (Wildman–Crippen LogP) is 11.6. The van der Waals surface area contributed by atoms with Crippen LogP contribution in [0.3, 0.4) is 0 Å². The van der Waals surface area contributed by atoms with Crippen molar-refractivity contribution < 1.29 is 47.8 Å². The van der Waals surface area contributed by atoms with E-state index in [-0.39, 0.29) is 19.4 Å². The van der Waals surface area contributed by atoms with Gasteiger partial charge in [-0.25, -0.2) is 4.57 Å². The zero-order valence-electron chi connectivity index (χ0n) is 34.7. The maximum atomic E-state index is 12.6. The number of ether oxygens (including phenoxy) is 2. The molecule has 3 atom stereocenters. The van der Waals surface area contributed by atoms with Crippen molar-refractivity contribution >= 4 is 19.8 Å². The van der Waals surface area contributed by atoms with Gasteiger partial charge in [-0.1, -0.05) is 174 Å². The average molecular weight is 791 g/mol. The molecule has 0 fully saturated rings. The van der Waals surface area contributed by atoms with Crippen LogP contribution >= 0.6 is 7.82 Å². The molecule has 0 saturated carbocycles. The molecule has 0 aliphatic rings. The van der Waals surface area contributed by atoms with E-state index >= 15 is 0 Å². The van der Waals surface area contributed by atoms with Gasteiger partial charge in [-0.2, -0.15) is 0 Å². The Kier molecular flexibility index (Phi) is 39.0.